The van der Waals surface area contributed by atoms with Gasteiger partial charge in [0.2, 0.25) is 8.41 Å². The van der Waals surface area contributed by atoms with E-state index in [1.165, 1.54) is 0 Å². The Bertz CT molecular complexity index is 145. The average molecular weight is 173 g/mol. The van der Waals surface area contributed by atoms with Crippen molar-refractivity contribution < 1.29 is 4.11 Å². The summed E-state index contributed by atoms with van der Waals surface area (Å²) in [5.74, 6) is 0. The Kier molecular flexibility index (Phi) is 4.35. The molecule has 0 aliphatic rings. The predicted octanol–water partition coefficient (Wildman–Crippen LogP) is 3.24. The molecule has 0 spiro atoms. The Morgan fingerprint density at radius 2 is 2.09 bits per heavy atom. The van der Waals surface area contributed by atoms with Gasteiger partial charge in [-0.1, -0.05) is 13.3 Å². The van der Waals surface area contributed by atoms with E-state index in [9.17, 15) is 4.11 Å². The Labute approximate surface area is 69.4 Å². The van der Waals surface area contributed by atoms with Gasteiger partial charge in [-0.3, -0.25) is 0 Å². The lowest BCUT2D eigenvalue weighted by Crippen LogP contribution is -2.26. The molecule has 0 heterocycles. The lowest BCUT2D eigenvalue weighted by Gasteiger charge is -2.21. The maximum Gasteiger partial charge on any atom is 0.245 e. The van der Waals surface area contributed by atoms with Gasteiger partial charge in [-0.15, -0.1) is 0 Å². The second-order valence-electron chi connectivity index (χ2n) is 3.41. The number of rotatable bonds is 4. The molecule has 1 nitrogen and oxygen atoms in total. The Morgan fingerprint density at radius 3 is 2.36 bits per heavy atom. The van der Waals surface area contributed by atoms with Gasteiger partial charge in [-0.05, 0) is 25.1 Å². The van der Waals surface area contributed by atoms with Crippen LogP contribution in [0, 0.1) is 11.3 Å². The van der Waals surface area contributed by atoms with Crippen LogP contribution in [0.4, 0.5) is 4.11 Å². The van der Waals surface area contributed by atoms with Crippen LogP contribution in [0.3, 0.4) is 0 Å². The van der Waals surface area contributed by atoms with E-state index in [1.807, 2.05) is 6.92 Å². The Morgan fingerprint density at radius 1 is 1.55 bits per heavy atom. The molecule has 0 N–H and O–H groups in total. The first-order chi connectivity index (χ1) is 5.02. The summed E-state index contributed by atoms with van der Waals surface area (Å²) in [6, 6.07) is 2.05. The molecule has 0 fully saturated rings. The molecule has 0 aliphatic carbocycles. The fourth-order valence-electron chi connectivity index (χ4n) is 1.15. The topological polar surface area (TPSA) is 23.8 Å². The van der Waals surface area contributed by atoms with E-state index >= 15 is 0 Å². The van der Waals surface area contributed by atoms with Crippen LogP contribution in [-0.2, 0) is 0 Å². The minimum atomic E-state index is -2.55. The number of hydrogen-bond acceptors (Lipinski definition) is 1. The molecular formula is C8H16FNSi. The average Bonchev–Trinajstić information content (AvgIpc) is 1.85. The summed E-state index contributed by atoms with van der Waals surface area (Å²) >= 11 is 0. The van der Waals surface area contributed by atoms with E-state index in [4.69, 9.17) is 5.26 Å². The maximum atomic E-state index is 13.4. The predicted molar refractivity (Wildman–Crippen MR) is 47.5 cm³/mol. The molecule has 0 saturated carbocycles. The van der Waals surface area contributed by atoms with E-state index in [-0.39, 0.29) is 5.54 Å². The molecule has 0 saturated heterocycles. The van der Waals surface area contributed by atoms with Crippen LogP contribution in [0.5, 0.6) is 0 Å². The van der Waals surface area contributed by atoms with Crippen molar-refractivity contribution in [3.63, 3.8) is 0 Å². The zero-order valence-corrected chi connectivity index (χ0v) is 8.52. The first-order valence-corrected chi connectivity index (χ1v) is 7.03. The normalized spacial score (nSPS) is 14.1. The van der Waals surface area contributed by atoms with Gasteiger partial charge in [0.05, 0.1) is 6.07 Å². The van der Waals surface area contributed by atoms with Crippen molar-refractivity contribution >= 4 is 8.41 Å². The third-order valence-corrected chi connectivity index (χ3v) is 4.38. The summed E-state index contributed by atoms with van der Waals surface area (Å²) in [4.78, 5) is 0. The summed E-state index contributed by atoms with van der Waals surface area (Å²) < 4.78 is 13.4. The van der Waals surface area contributed by atoms with Gasteiger partial charge in [0.1, 0.15) is 0 Å². The van der Waals surface area contributed by atoms with Crippen LogP contribution in [-0.4, -0.2) is 8.41 Å². The van der Waals surface area contributed by atoms with Crippen molar-refractivity contribution in [2.24, 2.45) is 0 Å². The molecule has 3 heteroatoms. The first kappa shape index (κ1) is 10.6. The SMILES string of the molecule is CCCC(CC#N)[Si](C)(C)F. The van der Waals surface area contributed by atoms with Crippen LogP contribution in [0.15, 0.2) is 0 Å². The van der Waals surface area contributed by atoms with Gasteiger partial charge in [0.15, 0.2) is 0 Å². The zero-order valence-electron chi connectivity index (χ0n) is 7.52. The third kappa shape index (κ3) is 4.15. The molecule has 0 amide bonds. The summed E-state index contributed by atoms with van der Waals surface area (Å²) in [6.45, 7) is 5.40. The molecule has 0 radical (unpaired) electrons. The van der Waals surface area contributed by atoms with Gasteiger partial charge in [-0.25, -0.2) is 0 Å². The van der Waals surface area contributed by atoms with Crippen LogP contribution in [0.2, 0.25) is 18.6 Å². The van der Waals surface area contributed by atoms with Crippen molar-refractivity contribution in [3.8, 4) is 6.07 Å². The molecule has 0 aromatic carbocycles. The first-order valence-electron chi connectivity index (χ1n) is 4.08. The molecule has 1 unspecified atom stereocenters. The van der Waals surface area contributed by atoms with Crippen LogP contribution in [0.25, 0.3) is 0 Å². The Hall–Kier alpha value is -0.363. The van der Waals surface area contributed by atoms with E-state index in [2.05, 4.69) is 6.07 Å². The summed E-state index contributed by atoms with van der Waals surface area (Å²) in [5.41, 5.74) is 0.0394. The number of nitrogens with zero attached hydrogens (tertiary/aromatic N) is 1. The van der Waals surface area contributed by atoms with Gasteiger partial charge in [0, 0.05) is 6.42 Å². The lowest BCUT2D eigenvalue weighted by atomic mass is 10.2. The standard InChI is InChI=1S/C8H16FNSi/c1-4-5-8(6-7-10)11(2,3)9/h8H,4-6H2,1-3H3. The summed E-state index contributed by atoms with van der Waals surface area (Å²) in [6.07, 6.45) is 2.24. The van der Waals surface area contributed by atoms with Crippen molar-refractivity contribution in [1.82, 2.24) is 0 Å². The number of hydrogen-bond donors (Lipinski definition) is 0. The second kappa shape index (κ2) is 4.50. The van der Waals surface area contributed by atoms with E-state index in [1.54, 1.807) is 13.1 Å². The van der Waals surface area contributed by atoms with Crippen molar-refractivity contribution in [2.75, 3.05) is 0 Å². The fourth-order valence-corrected chi connectivity index (χ4v) is 2.70. The van der Waals surface area contributed by atoms with Crippen molar-refractivity contribution in [2.45, 2.75) is 44.8 Å². The molecular weight excluding hydrogens is 157 g/mol. The van der Waals surface area contributed by atoms with Crippen molar-refractivity contribution in [1.29, 1.82) is 5.26 Å². The molecule has 64 valence electrons. The molecule has 0 aromatic heterocycles. The zero-order chi connectivity index (χ0) is 8.91. The van der Waals surface area contributed by atoms with Gasteiger partial charge in [0.25, 0.3) is 0 Å². The number of nitriles is 1. The summed E-state index contributed by atoms with van der Waals surface area (Å²) in [5, 5.41) is 8.43. The van der Waals surface area contributed by atoms with E-state index in [0.29, 0.717) is 6.42 Å². The molecule has 0 bridgehead atoms. The highest BCUT2D eigenvalue weighted by atomic mass is 28.4. The fraction of sp³-hybridized carbons (Fsp3) is 0.875. The summed E-state index contributed by atoms with van der Waals surface area (Å²) in [7, 11) is -2.55. The van der Waals surface area contributed by atoms with Crippen LogP contribution in [0.1, 0.15) is 26.2 Å². The number of halogens is 1. The van der Waals surface area contributed by atoms with Gasteiger partial charge >= 0.3 is 0 Å². The monoisotopic (exact) mass is 173 g/mol. The largest absolute Gasteiger partial charge is 0.314 e. The van der Waals surface area contributed by atoms with E-state index in [0.717, 1.165) is 12.8 Å². The molecule has 0 aliphatic heterocycles. The highest BCUT2D eigenvalue weighted by Crippen LogP contribution is 2.30. The molecule has 0 aromatic rings. The maximum absolute atomic E-state index is 13.4. The quantitative estimate of drug-likeness (QED) is 0.473. The van der Waals surface area contributed by atoms with Crippen molar-refractivity contribution in [3.05, 3.63) is 0 Å². The van der Waals surface area contributed by atoms with E-state index < -0.39 is 8.41 Å². The Balaban J connectivity index is 4.01. The highest BCUT2D eigenvalue weighted by molar-refractivity contribution is 6.72. The molecule has 1 atom stereocenters. The molecule has 11 heavy (non-hydrogen) atoms. The van der Waals surface area contributed by atoms with Gasteiger partial charge < -0.3 is 4.11 Å². The van der Waals surface area contributed by atoms with Crippen LogP contribution >= 0.6 is 0 Å². The second-order valence-corrected chi connectivity index (χ2v) is 7.36. The van der Waals surface area contributed by atoms with Crippen LogP contribution < -0.4 is 0 Å². The third-order valence-electron chi connectivity index (χ3n) is 1.95. The minimum Gasteiger partial charge on any atom is -0.314 e. The van der Waals surface area contributed by atoms with Gasteiger partial charge in [-0.2, -0.15) is 5.26 Å². The highest BCUT2D eigenvalue weighted by Gasteiger charge is 2.31. The molecule has 0 rings (SSSR count). The smallest absolute Gasteiger partial charge is 0.245 e. The lowest BCUT2D eigenvalue weighted by molar-refractivity contribution is 0.640. The minimum absolute atomic E-state index is 0.0394.